The summed E-state index contributed by atoms with van der Waals surface area (Å²) in [4.78, 5) is 23.3. The normalized spacial score (nSPS) is 16.5. The summed E-state index contributed by atoms with van der Waals surface area (Å²) in [6, 6.07) is 8.97. The molecule has 1 unspecified atom stereocenters. The van der Waals surface area contributed by atoms with Crippen LogP contribution in [0.1, 0.15) is 40.6 Å². The molecule has 1 aromatic heterocycles. The third-order valence-corrected chi connectivity index (χ3v) is 5.35. The van der Waals surface area contributed by atoms with Gasteiger partial charge in [0.1, 0.15) is 23.3 Å². The van der Waals surface area contributed by atoms with Gasteiger partial charge in [-0.2, -0.15) is 0 Å². The summed E-state index contributed by atoms with van der Waals surface area (Å²) in [6.45, 7) is 2.58. The van der Waals surface area contributed by atoms with Gasteiger partial charge in [-0.05, 0) is 55.7 Å². The molecule has 0 aliphatic carbocycles. The number of likely N-dealkylation sites (tertiary alicyclic amines) is 1. The fourth-order valence-electron chi connectivity index (χ4n) is 3.87. The molecule has 4 nitrogen and oxygen atoms in total. The Balaban J connectivity index is 1.65. The zero-order valence-electron chi connectivity index (χ0n) is 16.4. The Labute approximate surface area is 172 Å². The van der Waals surface area contributed by atoms with Crippen molar-refractivity contribution < 1.29 is 18.0 Å². The lowest BCUT2D eigenvalue weighted by molar-refractivity contribution is 0.0700. The molecule has 4 rings (SSSR count). The molecule has 3 aromatic rings. The van der Waals surface area contributed by atoms with Crippen LogP contribution >= 0.6 is 0 Å². The first kappa shape index (κ1) is 20.1. The first-order valence-electron chi connectivity index (χ1n) is 9.76. The van der Waals surface area contributed by atoms with Crippen LogP contribution in [0.3, 0.4) is 0 Å². The Morgan fingerprint density at radius 3 is 2.57 bits per heavy atom. The van der Waals surface area contributed by atoms with Crippen molar-refractivity contribution >= 4 is 5.91 Å². The van der Waals surface area contributed by atoms with Gasteiger partial charge >= 0.3 is 0 Å². The highest BCUT2D eigenvalue weighted by Crippen LogP contribution is 2.33. The van der Waals surface area contributed by atoms with Crippen LogP contribution in [0, 0.1) is 24.4 Å². The number of benzene rings is 2. The van der Waals surface area contributed by atoms with Crippen molar-refractivity contribution in [1.82, 2.24) is 14.9 Å². The van der Waals surface area contributed by atoms with Crippen LogP contribution in [0.4, 0.5) is 13.2 Å². The number of hydrogen-bond acceptors (Lipinski definition) is 3. The lowest BCUT2D eigenvalue weighted by atomic mass is 9.89. The first-order valence-corrected chi connectivity index (χ1v) is 9.76. The highest BCUT2D eigenvalue weighted by Gasteiger charge is 2.29. The Morgan fingerprint density at radius 1 is 1.07 bits per heavy atom. The van der Waals surface area contributed by atoms with E-state index in [0.29, 0.717) is 25.3 Å². The van der Waals surface area contributed by atoms with Crippen LogP contribution < -0.4 is 0 Å². The van der Waals surface area contributed by atoms with Crippen molar-refractivity contribution in [2.75, 3.05) is 13.1 Å². The van der Waals surface area contributed by atoms with Gasteiger partial charge in [-0.15, -0.1) is 0 Å². The van der Waals surface area contributed by atoms with Gasteiger partial charge in [0.15, 0.2) is 0 Å². The molecule has 0 bridgehead atoms. The number of nitrogens with zero attached hydrogens (tertiary/aromatic N) is 3. The van der Waals surface area contributed by atoms with Gasteiger partial charge in [0.2, 0.25) is 0 Å². The molecular weight excluding hydrogens is 391 g/mol. The van der Waals surface area contributed by atoms with E-state index in [-0.39, 0.29) is 17.3 Å². The number of amides is 1. The van der Waals surface area contributed by atoms with Crippen molar-refractivity contribution in [2.24, 2.45) is 0 Å². The van der Waals surface area contributed by atoms with E-state index < -0.39 is 17.5 Å². The summed E-state index contributed by atoms with van der Waals surface area (Å²) < 4.78 is 41.0. The zero-order valence-corrected chi connectivity index (χ0v) is 16.4. The predicted molar refractivity (Wildman–Crippen MR) is 106 cm³/mol. The van der Waals surface area contributed by atoms with Crippen molar-refractivity contribution in [1.29, 1.82) is 0 Å². The average molecular weight is 411 g/mol. The minimum atomic E-state index is -0.742. The molecule has 1 saturated heterocycles. The highest BCUT2D eigenvalue weighted by molar-refractivity contribution is 5.94. The highest BCUT2D eigenvalue weighted by atomic mass is 19.1. The van der Waals surface area contributed by atoms with Gasteiger partial charge in [-0.25, -0.2) is 23.1 Å². The molecule has 1 fully saturated rings. The average Bonchev–Trinajstić information content (AvgIpc) is 2.76. The van der Waals surface area contributed by atoms with Crippen molar-refractivity contribution in [2.45, 2.75) is 25.7 Å². The lowest BCUT2D eigenvalue weighted by Crippen LogP contribution is -2.40. The fraction of sp³-hybridized carbons (Fsp3) is 0.261. The van der Waals surface area contributed by atoms with Crippen molar-refractivity contribution in [3.8, 4) is 11.1 Å². The topological polar surface area (TPSA) is 46.1 Å². The molecule has 0 spiro atoms. The second kappa shape index (κ2) is 8.26. The maximum Gasteiger partial charge on any atom is 0.256 e. The molecular formula is C23H20F3N3O. The Morgan fingerprint density at radius 2 is 1.80 bits per heavy atom. The minimum Gasteiger partial charge on any atom is -0.338 e. The number of aromatic nitrogens is 2. The van der Waals surface area contributed by atoms with E-state index >= 15 is 0 Å². The van der Waals surface area contributed by atoms with E-state index in [0.717, 1.165) is 41.4 Å². The third-order valence-electron chi connectivity index (χ3n) is 5.35. The number of rotatable bonds is 3. The van der Waals surface area contributed by atoms with Crippen LogP contribution in [0.2, 0.25) is 0 Å². The molecule has 0 saturated carbocycles. The second-order valence-corrected chi connectivity index (χ2v) is 7.44. The van der Waals surface area contributed by atoms with E-state index in [1.54, 1.807) is 25.3 Å². The van der Waals surface area contributed by atoms with Crippen molar-refractivity contribution in [3.05, 3.63) is 83.2 Å². The van der Waals surface area contributed by atoms with E-state index in [9.17, 15) is 18.0 Å². The number of carbonyl (C=O) groups excluding carboxylic acids is 1. The van der Waals surface area contributed by atoms with Gasteiger partial charge in [-0.3, -0.25) is 4.79 Å². The molecule has 2 heterocycles. The lowest BCUT2D eigenvalue weighted by Gasteiger charge is -2.33. The summed E-state index contributed by atoms with van der Waals surface area (Å²) in [5.74, 6) is -1.77. The molecule has 1 atom stereocenters. The molecule has 0 N–H and O–H groups in total. The summed E-state index contributed by atoms with van der Waals surface area (Å²) in [5, 5.41) is 0. The van der Waals surface area contributed by atoms with E-state index in [1.807, 2.05) is 0 Å². The van der Waals surface area contributed by atoms with Crippen LogP contribution in [0.15, 0.2) is 48.7 Å². The largest absolute Gasteiger partial charge is 0.338 e. The second-order valence-electron chi connectivity index (χ2n) is 7.44. The fourth-order valence-corrected chi connectivity index (χ4v) is 3.87. The van der Waals surface area contributed by atoms with E-state index in [4.69, 9.17) is 0 Å². The number of hydrogen-bond donors (Lipinski definition) is 0. The number of piperidine rings is 1. The van der Waals surface area contributed by atoms with Crippen LogP contribution in [0.25, 0.3) is 11.1 Å². The molecule has 7 heteroatoms. The Kier molecular flexibility index (Phi) is 5.53. The molecule has 2 aromatic carbocycles. The van der Waals surface area contributed by atoms with Gasteiger partial charge < -0.3 is 4.90 Å². The van der Waals surface area contributed by atoms with E-state index in [2.05, 4.69) is 9.97 Å². The number of carbonyl (C=O) groups is 1. The maximum atomic E-state index is 14.1. The minimum absolute atomic E-state index is 0.0962. The van der Waals surface area contributed by atoms with Gasteiger partial charge in [-0.1, -0.05) is 12.1 Å². The summed E-state index contributed by atoms with van der Waals surface area (Å²) in [7, 11) is 0. The van der Waals surface area contributed by atoms with Crippen LogP contribution in [-0.4, -0.2) is 33.9 Å². The predicted octanol–water partition coefficient (Wildman–Crippen LogP) is 4.89. The van der Waals surface area contributed by atoms with Gasteiger partial charge in [0, 0.05) is 30.8 Å². The molecule has 154 valence electrons. The molecule has 1 aliphatic rings. The summed E-state index contributed by atoms with van der Waals surface area (Å²) >= 11 is 0. The van der Waals surface area contributed by atoms with Crippen molar-refractivity contribution in [3.63, 3.8) is 0 Å². The molecule has 1 aliphatic heterocycles. The zero-order chi connectivity index (χ0) is 21.3. The summed E-state index contributed by atoms with van der Waals surface area (Å²) in [5.41, 5.74) is 2.06. The van der Waals surface area contributed by atoms with Crippen LogP contribution in [-0.2, 0) is 0 Å². The standard InChI is InChI=1S/C23H20F3N3O/c1-14-27-12-20(15-4-6-17(24)7-5-15)22(28-14)16-3-2-10-29(13-16)23(30)19-11-18(25)8-9-21(19)26/h4-9,11-12,16H,2-3,10,13H2,1H3. The van der Waals surface area contributed by atoms with E-state index in [1.165, 1.54) is 17.0 Å². The third kappa shape index (κ3) is 4.06. The maximum absolute atomic E-state index is 14.1. The van der Waals surface area contributed by atoms with Gasteiger partial charge in [0.05, 0.1) is 11.3 Å². The molecule has 0 radical (unpaired) electrons. The SMILES string of the molecule is Cc1ncc(-c2ccc(F)cc2)c(C2CCCN(C(=O)c3cc(F)ccc3F)C2)n1. The quantitative estimate of drug-likeness (QED) is 0.617. The number of halogens is 3. The number of aryl methyl sites for hydroxylation is 1. The Bertz CT molecular complexity index is 1090. The Hall–Kier alpha value is -3.22. The van der Waals surface area contributed by atoms with Crippen LogP contribution in [0.5, 0.6) is 0 Å². The van der Waals surface area contributed by atoms with Gasteiger partial charge in [0.25, 0.3) is 5.91 Å². The smallest absolute Gasteiger partial charge is 0.256 e. The summed E-state index contributed by atoms with van der Waals surface area (Å²) in [6.07, 6.45) is 3.21. The monoisotopic (exact) mass is 411 g/mol. The molecule has 30 heavy (non-hydrogen) atoms. The molecule has 1 amide bonds. The first-order chi connectivity index (χ1) is 14.4.